The Morgan fingerprint density at radius 1 is 1.38 bits per heavy atom. The third-order valence-corrected chi connectivity index (χ3v) is 2.11. The molecule has 1 aliphatic rings. The van der Waals surface area contributed by atoms with Crippen LogP contribution >= 0.6 is 0 Å². The van der Waals surface area contributed by atoms with Crippen LogP contribution in [0.2, 0.25) is 0 Å². The zero-order valence-corrected chi connectivity index (χ0v) is 7.94. The van der Waals surface area contributed by atoms with Crippen LogP contribution in [-0.2, 0) is 0 Å². The molecule has 0 atom stereocenters. The molecular weight excluding hydrogens is 162 g/mol. The second-order valence-electron chi connectivity index (χ2n) is 3.37. The molecule has 2 heterocycles. The maximum Gasteiger partial charge on any atom is 0.306 e. The molecule has 0 fully saturated rings. The third-order valence-electron chi connectivity index (χ3n) is 2.11. The summed E-state index contributed by atoms with van der Waals surface area (Å²) in [5, 5.41) is 3.13. The number of nitrogens with one attached hydrogen (secondary N) is 1. The highest BCUT2D eigenvalue weighted by Crippen LogP contribution is 2.13. The molecule has 68 valence electrons. The fraction of sp³-hybridized carbons (Fsp3) is 0.300. The van der Waals surface area contributed by atoms with Crippen molar-refractivity contribution in [3.8, 4) is 0 Å². The Morgan fingerprint density at radius 2 is 2.23 bits per heavy atom. The summed E-state index contributed by atoms with van der Waals surface area (Å²) >= 11 is 0. The molecular formula is C10H14N3+. The first-order chi connectivity index (χ1) is 6.29. The van der Waals surface area contributed by atoms with Crippen LogP contribution in [0, 0.1) is 0 Å². The van der Waals surface area contributed by atoms with E-state index in [0.29, 0.717) is 6.04 Å². The molecule has 3 heteroatoms. The lowest BCUT2D eigenvalue weighted by Gasteiger charge is -2.14. The van der Waals surface area contributed by atoms with Crippen molar-refractivity contribution in [1.82, 2.24) is 5.10 Å². The van der Waals surface area contributed by atoms with Crippen LogP contribution in [0.15, 0.2) is 30.6 Å². The maximum atomic E-state index is 3.13. The number of hydrogen-bond donors (Lipinski definition) is 1. The predicted molar refractivity (Wildman–Crippen MR) is 53.1 cm³/mol. The number of H-pyrrole nitrogens is 1. The zero-order chi connectivity index (χ0) is 9.26. The summed E-state index contributed by atoms with van der Waals surface area (Å²) in [5.41, 5.74) is 0. The third kappa shape index (κ3) is 1.37. The van der Waals surface area contributed by atoms with Crippen LogP contribution < -0.4 is 9.58 Å². The van der Waals surface area contributed by atoms with E-state index in [1.54, 1.807) is 0 Å². The van der Waals surface area contributed by atoms with Crippen molar-refractivity contribution in [2.45, 2.75) is 19.9 Å². The van der Waals surface area contributed by atoms with Gasteiger partial charge in [-0.05, 0) is 26.0 Å². The Balaban J connectivity index is 2.45. The molecule has 0 amide bonds. The van der Waals surface area contributed by atoms with Crippen molar-refractivity contribution in [1.29, 1.82) is 0 Å². The van der Waals surface area contributed by atoms with Gasteiger partial charge < -0.3 is 0 Å². The van der Waals surface area contributed by atoms with E-state index < -0.39 is 0 Å². The molecule has 1 aromatic rings. The molecule has 0 aliphatic carbocycles. The fourth-order valence-corrected chi connectivity index (χ4v) is 1.46. The molecule has 1 aliphatic heterocycles. The van der Waals surface area contributed by atoms with E-state index >= 15 is 0 Å². The molecule has 1 aromatic heterocycles. The van der Waals surface area contributed by atoms with Gasteiger partial charge in [-0.1, -0.05) is 0 Å². The van der Waals surface area contributed by atoms with Gasteiger partial charge >= 0.3 is 5.82 Å². The van der Waals surface area contributed by atoms with Gasteiger partial charge in [0.2, 0.25) is 0 Å². The topological polar surface area (TPSA) is 22.9 Å². The summed E-state index contributed by atoms with van der Waals surface area (Å²) in [7, 11) is 0. The number of aromatic nitrogens is 2. The van der Waals surface area contributed by atoms with Gasteiger partial charge in [-0.2, -0.15) is 0 Å². The van der Waals surface area contributed by atoms with Gasteiger partial charge in [-0.15, -0.1) is 4.68 Å². The van der Waals surface area contributed by atoms with Crippen LogP contribution in [0.4, 0.5) is 5.82 Å². The highest BCUT2D eigenvalue weighted by molar-refractivity contribution is 5.42. The van der Waals surface area contributed by atoms with Gasteiger partial charge in [0.15, 0.2) is 0 Å². The average molecular weight is 176 g/mol. The van der Waals surface area contributed by atoms with E-state index in [4.69, 9.17) is 0 Å². The molecule has 0 aromatic carbocycles. The molecule has 0 saturated heterocycles. The molecule has 0 radical (unpaired) electrons. The minimum absolute atomic E-state index is 0.471. The molecule has 0 bridgehead atoms. The van der Waals surface area contributed by atoms with Gasteiger partial charge in [0.25, 0.3) is 0 Å². The predicted octanol–water partition coefficient (Wildman–Crippen LogP) is 1.51. The van der Waals surface area contributed by atoms with Crippen molar-refractivity contribution in [2.75, 3.05) is 4.90 Å². The zero-order valence-electron chi connectivity index (χ0n) is 7.94. The van der Waals surface area contributed by atoms with Gasteiger partial charge in [-0.25, -0.2) is 10.00 Å². The van der Waals surface area contributed by atoms with Crippen molar-refractivity contribution in [3.05, 3.63) is 30.6 Å². The number of aromatic amines is 1. The Morgan fingerprint density at radius 3 is 3.00 bits per heavy atom. The van der Waals surface area contributed by atoms with E-state index in [1.807, 2.05) is 29.2 Å². The largest absolute Gasteiger partial charge is 0.306 e. The second-order valence-corrected chi connectivity index (χ2v) is 3.37. The lowest BCUT2D eigenvalue weighted by atomic mass is 10.3. The molecule has 0 spiro atoms. The minimum Gasteiger partial charge on any atom is -0.231 e. The lowest BCUT2D eigenvalue weighted by molar-refractivity contribution is -0.616. The summed E-state index contributed by atoms with van der Waals surface area (Å²) in [6, 6.07) is 2.54. The first-order valence-corrected chi connectivity index (χ1v) is 4.51. The van der Waals surface area contributed by atoms with Gasteiger partial charge in [-0.3, -0.25) is 0 Å². The van der Waals surface area contributed by atoms with Crippen molar-refractivity contribution < 1.29 is 4.68 Å². The quantitative estimate of drug-likeness (QED) is 0.644. The summed E-state index contributed by atoms with van der Waals surface area (Å²) < 4.78 is 2.00. The van der Waals surface area contributed by atoms with Crippen LogP contribution in [0.3, 0.4) is 0 Å². The number of fused-ring (bicyclic) bond motifs is 1. The van der Waals surface area contributed by atoms with Crippen LogP contribution in [0.5, 0.6) is 0 Å². The van der Waals surface area contributed by atoms with Gasteiger partial charge in [0, 0.05) is 12.3 Å². The van der Waals surface area contributed by atoms with Gasteiger partial charge in [0.05, 0.1) is 12.2 Å². The summed E-state index contributed by atoms with van der Waals surface area (Å²) in [4.78, 5) is 2.22. The number of nitrogens with zero attached hydrogens (tertiary/aromatic N) is 2. The van der Waals surface area contributed by atoms with Crippen molar-refractivity contribution in [3.63, 3.8) is 0 Å². The average Bonchev–Trinajstić information content (AvgIpc) is 2.44. The smallest absolute Gasteiger partial charge is 0.231 e. The Bertz CT molecular complexity index is 347. The van der Waals surface area contributed by atoms with Crippen molar-refractivity contribution in [2.24, 2.45) is 0 Å². The summed E-state index contributed by atoms with van der Waals surface area (Å²) in [6.07, 6.45) is 10.1. The maximum absolute atomic E-state index is 3.13. The molecule has 2 rings (SSSR count). The number of anilines is 1. The van der Waals surface area contributed by atoms with E-state index in [2.05, 4.69) is 36.1 Å². The number of rotatable bonds is 1. The summed E-state index contributed by atoms with van der Waals surface area (Å²) in [5.74, 6) is 1.17. The fourth-order valence-electron chi connectivity index (χ4n) is 1.46. The van der Waals surface area contributed by atoms with Crippen LogP contribution in [0.25, 0.3) is 6.20 Å². The summed E-state index contributed by atoms with van der Waals surface area (Å²) in [6.45, 7) is 4.35. The molecule has 0 saturated carbocycles. The Kier molecular flexibility index (Phi) is 1.93. The van der Waals surface area contributed by atoms with Gasteiger partial charge in [0.1, 0.15) is 6.20 Å². The van der Waals surface area contributed by atoms with E-state index in [-0.39, 0.29) is 0 Å². The first kappa shape index (κ1) is 8.10. The lowest BCUT2D eigenvalue weighted by Crippen LogP contribution is -2.37. The standard InChI is InChI=1S/C10H13N3/c1-9(2)12-7-3-4-8-13-10(12)5-6-11-13/h3-9H,1-2H3/p+1. The molecule has 0 unspecified atom stereocenters. The SMILES string of the molecule is CC(C)N1C=CC=C[n+]2[nH]ccc21. The minimum atomic E-state index is 0.471. The first-order valence-electron chi connectivity index (χ1n) is 4.51. The van der Waals surface area contributed by atoms with E-state index in [1.165, 1.54) is 5.82 Å². The monoisotopic (exact) mass is 176 g/mol. The molecule has 1 N–H and O–H groups in total. The number of hydrogen-bond acceptors (Lipinski definition) is 1. The van der Waals surface area contributed by atoms with Crippen LogP contribution in [0.1, 0.15) is 13.8 Å². The van der Waals surface area contributed by atoms with E-state index in [9.17, 15) is 0 Å². The molecule has 13 heavy (non-hydrogen) atoms. The highest BCUT2D eigenvalue weighted by Gasteiger charge is 2.21. The second kappa shape index (κ2) is 3.09. The molecule has 3 nitrogen and oxygen atoms in total. The normalized spacial score (nSPS) is 14.8. The number of allylic oxidation sites excluding steroid dienone is 2. The Labute approximate surface area is 78.0 Å². The Hall–Kier alpha value is -1.51. The van der Waals surface area contributed by atoms with Crippen LogP contribution in [-0.4, -0.2) is 11.1 Å². The highest BCUT2D eigenvalue weighted by atomic mass is 15.4. The van der Waals surface area contributed by atoms with E-state index in [0.717, 1.165) is 0 Å². The van der Waals surface area contributed by atoms with Crippen molar-refractivity contribution >= 4 is 12.0 Å².